The molecule has 0 radical (unpaired) electrons. The predicted molar refractivity (Wildman–Crippen MR) is 76.2 cm³/mol. The minimum atomic E-state index is -1.34. The van der Waals surface area contributed by atoms with Crippen LogP contribution >= 0.6 is 0 Å². The van der Waals surface area contributed by atoms with Gasteiger partial charge in [0.25, 0.3) is 0 Å². The van der Waals surface area contributed by atoms with Crippen LogP contribution in [0.1, 0.15) is 54.4 Å². The van der Waals surface area contributed by atoms with Gasteiger partial charge >= 0.3 is 5.97 Å². The van der Waals surface area contributed by atoms with Crippen LogP contribution in [0.15, 0.2) is 0 Å². The molecule has 6 heteroatoms. The molecule has 116 valence electrons. The zero-order chi connectivity index (χ0) is 16.1. The summed E-state index contributed by atoms with van der Waals surface area (Å²) in [5.41, 5.74) is -1.36. The summed E-state index contributed by atoms with van der Waals surface area (Å²) in [7, 11) is 0. The van der Waals surface area contributed by atoms with Gasteiger partial charge in [0.2, 0.25) is 11.8 Å². The fourth-order valence-electron chi connectivity index (χ4n) is 1.60. The molecule has 0 aromatic rings. The van der Waals surface area contributed by atoms with Crippen molar-refractivity contribution in [3.8, 4) is 0 Å². The molecule has 2 atom stereocenters. The van der Waals surface area contributed by atoms with Gasteiger partial charge in [-0.15, -0.1) is 0 Å². The van der Waals surface area contributed by atoms with Gasteiger partial charge in [-0.05, 0) is 32.1 Å². The first kappa shape index (κ1) is 18.4. The van der Waals surface area contributed by atoms with Crippen molar-refractivity contribution < 1.29 is 19.5 Å². The van der Waals surface area contributed by atoms with Crippen molar-refractivity contribution in [2.75, 3.05) is 0 Å². The van der Waals surface area contributed by atoms with Crippen LogP contribution in [0.5, 0.6) is 0 Å². The predicted octanol–water partition coefficient (Wildman–Crippen LogP) is 1.30. The molecule has 0 saturated carbocycles. The van der Waals surface area contributed by atoms with Crippen LogP contribution in [0, 0.1) is 5.41 Å². The third kappa shape index (κ3) is 6.54. The number of hydrogen-bond acceptors (Lipinski definition) is 3. The highest BCUT2D eigenvalue weighted by atomic mass is 16.4. The monoisotopic (exact) mass is 286 g/mol. The van der Waals surface area contributed by atoms with Crippen molar-refractivity contribution in [1.29, 1.82) is 0 Å². The molecule has 3 N–H and O–H groups in total. The molecule has 0 aliphatic rings. The number of aliphatic carboxylic acids is 1. The van der Waals surface area contributed by atoms with Crippen molar-refractivity contribution >= 4 is 17.8 Å². The molecular weight excluding hydrogens is 260 g/mol. The number of rotatable bonds is 6. The number of hydrogen-bond donors (Lipinski definition) is 3. The van der Waals surface area contributed by atoms with Gasteiger partial charge in [-0.1, -0.05) is 20.8 Å². The molecule has 0 aliphatic heterocycles. The van der Waals surface area contributed by atoms with E-state index >= 15 is 0 Å². The van der Waals surface area contributed by atoms with E-state index in [1.807, 2.05) is 20.8 Å². The number of nitrogens with one attached hydrogen (secondary N) is 2. The Morgan fingerprint density at radius 3 is 1.95 bits per heavy atom. The highest BCUT2D eigenvalue weighted by molar-refractivity contribution is 5.91. The van der Waals surface area contributed by atoms with E-state index in [1.54, 1.807) is 0 Å². The lowest BCUT2D eigenvalue weighted by molar-refractivity contribution is -0.147. The summed E-state index contributed by atoms with van der Waals surface area (Å²) >= 11 is 0. The largest absolute Gasteiger partial charge is 0.480 e. The van der Waals surface area contributed by atoms with Gasteiger partial charge in [0.15, 0.2) is 0 Å². The number of carboxylic acid groups (broad SMARTS) is 1. The molecule has 0 aliphatic carbocycles. The Morgan fingerprint density at radius 1 is 1.10 bits per heavy atom. The van der Waals surface area contributed by atoms with Crippen LogP contribution in [0.2, 0.25) is 0 Å². The molecule has 1 unspecified atom stereocenters. The first-order chi connectivity index (χ1) is 8.87. The molecular formula is C14H26N2O4. The number of amides is 2. The van der Waals surface area contributed by atoms with Crippen molar-refractivity contribution in [2.45, 2.75) is 66.0 Å². The first-order valence-electron chi connectivity index (χ1n) is 6.70. The highest BCUT2D eigenvalue weighted by Crippen LogP contribution is 2.25. The Bertz CT molecular complexity index is 387. The molecule has 6 nitrogen and oxygen atoms in total. The van der Waals surface area contributed by atoms with Crippen LogP contribution in [0.4, 0.5) is 0 Å². The van der Waals surface area contributed by atoms with Gasteiger partial charge in [-0.3, -0.25) is 9.59 Å². The molecule has 0 heterocycles. The van der Waals surface area contributed by atoms with E-state index in [9.17, 15) is 19.5 Å². The Labute approximate surface area is 120 Å². The smallest absolute Gasteiger partial charge is 0.329 e. The molecule has 0 aromatic carbocycles. The maximum Gasteiger partial charge on any atom is 0.329 e. The summed E-state index contributed by atoms with van der Waals surface area (Å²) in [5, 5.41) is 14.3. The molecule has 0 rings (SSSR count). The van der Waals surface area contributed by atoms with Gasteiger partial charge < -0.3 is 15.7 Å². The quantitative estimate of drug-likeness (QED) is 0.685. The minimum Gasteiger partial charge on any atom is -0.480 e. The Hall–Kier alpha value is -1.59. The lowest BCUT2D eigenvalue weighted by Crippen LogP contribution is -2.57. The molecule has 2 amide bonds. The van der Waals surface area contributed by atoms with E-state index in [4.69, 9.17) is 0 Å². The Morgan fingerprint density at radius 2 is 1.60 bits per heavy atom. The normalized spacial score (nSPS) is 15.9. The molecule has 0 saturated heterocycles. The standard InChI is InChI=1S/C14H26N2O4/c1-9(15-10(2)17)11(18)16-14(6,12(19)20)8-7-13(3,4)5/h9H,7-8H2,1-6H3,(H,15,17)(H,16,18)(H,19,20)/t9-,14?/m0/s1. The first-order valence-corrected chi connectivity index (χ1v) is 6.70. The van der Waals surface area contributed by atoms with E-state index in [-0.39, 0.29) is 11.3 Å². The molecule has 0 spiro atoms. The maximum absolute atomic E-state index is 11.9. The highest BCUT2D eigenvalue weighted by Gasteiger charge is 2.36. The summed E-state index contributed by atoms with van der Waals surface area (Å²) in [6.07, 6.45) is 0.981. The van der Waals surface area contributed by atoms with E-state index < -0.39 is 23.5 Å². The zero-order valence-electron chi connectivity index (χ0n) is 13.2. The second kappa shape index (κ2) is 6.72. The maximum atomic E-state index is 11.9. The fourth-order valence-corrected chi connectivity index (χ4v) is 1.60. The average molecular weight is 286 g/mol. The summed E-state index contributed by atoms with van der Waals surface area (Å²) in [4.78, 5) is 34.3. The van der Waals surface area contributed by atoms with Gasteiger partial charge in [-0.2, -0.15) is 0 Å². The van der Waals surface area contributed by atoms with Crippen molar-refractivity contribution in [3.05, 3.63) is 0 Å². The number of carboxylic acids is 1. The number of carbonyl (C=O) groups excluding carboxylic acids is 2. The van der Waals surface area contributed by atoms with Crippen LogP contribution in [0.3, 0.4) is 0 Å². The van der Waals surface area contributed by atoms with E-state index in [2.05, 4.69) is 10.6 Å². The Kier molecular flexibility index (Phi) is 6.19. The van der Waals surface area contributed by atoms with E-state index in [0.29, 0.717) is 12.8 Å². The summed E-state index contributed by atoms with van der Waals surface area (Å²) in [6.45, 7) is 10.3. The third-order valence-corrected chi connectivity index (χ3v) is 3.06. The van der Waals surface area contributed by atoms with Crippen molar-refractivity contribution in [3.63, 3.8) is 0 Å². The lowest BCUT2D eigenvalue weighted by Gasteiger charge is -2.30. The van der Waals surface area contributed by atoms with Gasteiger partial charge in [0.05, 0.1) is 0 Å². The number of carbonyl (C=O) groups is 3. The van der Waals surface area contributed by atoms with Crippen LogP contribution in [0.25, 0.3) is 0 Å². The van der Waals surface area contributed by atoms with Crippen molar-refractivity contribution in [2.24, 2.45) is 5.41 Å². The third-order valence-electron chi connectivity index (χ3n) is 3.06. The average Bonchev–Trinajstić information content (AvgIpc) is 2.24. The SMILES string of the molecule is CC(=O)N[C@@H](C)C(=O)NC(C)(CCC(C)(C)C)C(=O)O. The Balaban J connectivity index is 4.80. The molecule has 0 aromatic heterocycles. The van der Waals surface area contributed by atoms with Crippen LogP contribution in [-0.4, -0.2) is 34.5 Å². The summed E-state index contributed by atoms with van der Waals surface area (Å²) in [5.74, 6) is -1.91. The minimum absolute atomic E-state index is 0.0231. The van der Waals surface area contributed by atoms with Gasteiger partial charge in [0, 0.05) is 6.92 Å². The second-order valence-electron chi connectivity index (χ2n) is 6.61. The second-order valence-corrected chi connectivity index (χ2v) is 6.61. The lowest BCUT2D eigenvalue weighted by atomic mass is 9.84. The van der Waals surface area contributed by atoms with Crippen molar-refractivity contribution in [1.82, 2.24) is 10.6 Å². The summed E-state index contributed by atoms with van der Waals surface area (Å²) in [6, 6.07) is -0.763. The van der Waals surface area contributed by atoms with Crippen LogP contribution < -0.4 is 10.6 Å². The van der Waals surface area contributed by atoms with Crippen LogP contribution in [-0.2, 0) is 14.4 Å². The zero-order valence-corrected chi connectivity index (χ0v) is 13.2. The molecule has 0 fully saturated rings. The summed E-state index contributed by atoms with van der Waals surface area (Å²) < 4.78 is 0. The molecule has 20 heavy (non-hydrogen) atoms. The fraction of sp³-hybridized carbons (Fsp3) is 0.786. The molecule has 0 bridgehead atoms. The topological polar surface area (TPSA) is 95.5 Å². The van der Waals surface area contributed by atoms with E-state index in [1.165, 1.54) is 20.8 Å². The van der Waals surface area contributed by atoms with Gasteiger partial charge in [0.1, 0.15) is 11.6 Å². The van der Waals surface area contributed by atoms with E-state index in [0.717, 1.165) is 0 Å². The van der Waals surface area contributed by atoms with Gasteiger partial charge in [-0.25, -0.2) is 4.79 Å².